The first-order valence-corrected chi connectivity index (χ1v) is 6.04. The molecule has 0 unspecified atom stereocenters. The Morgan fingerprint density at radius 1 is 1.21 bits per heavy atom. The largest absolute Gasteiger partial charge is 0.401 e. The van der Waals surface area contributed by atoms with Crippen molar-refractivity contribution >= 4 is 5.95 Å². The summed E-state index contributed by atoms with van der Waals surface area (Å²) in [5.41, 5.74) is 6.22. The molecule has 2 N–H and O–H groups in total. The number of aromatic nitrogens is 2. The maximum Gasteiger partial charge on any atom is 0.401 e. The molecule has 2 rings (SSSR count). The van der Waals surface area contributed by atoms with Gasteiger partial charge in [0.25, 0.3) is 0 Å². The number of piperazine rings is 1. The van der Waals surface area contributed by atoms with Crippen molar-refractivity contribution in [1.29, 1.82) is 0 Å². The Balaban J connectivity index is 1.92. The third-order valence-electron chi connectivity index (χ3n) is 2.97. The van der Waals surface area contributed by atoms with Crippen LogP contribution >= 0.6 is 0 Å². The molecule has 0 atom stereocenters. The summed E-state index contributed by atoms with van der Waals surface area (Å²) in [6, 6.07) is 1.73. The Bertz CT molecular complexity index is 415. The zero-order chi connectivity index (χ0) is 13.9. The third kappa shape index (κ3) is 4.03. The van der Waals surface area contributed by atoms with Crippen molar-refractivity contribution in [3.05, 3.63) is 18.0 Å². The Kier molecular flexibility index (Phi) is 4.20. The summed E-state index contributed by atoms with van der Waals surface area (Å²) in [4.78, 5) is 11.7. The smallest absolute Gasteiger partial charge is 0.338 e. The molecule has 1 aromatic heterocycles. The summed E-state index contributed by atoms with van der Waals surface area (Å²) in [7, 11) is 0. The Morgan fingerprint density at radius 3 is 2.47 bits per heavy atom. The van der Waals surface area contributed by atoms with E-state index in [1.807, 2.05) is 4.90 Å². The number of rotatable bonds is 3. The van der Waals surface area contributed by atoms with E-state index in [-0.39, 0.29) is 0 Å². The predicted octanol–water partition coefficient (Wildman–Crippen LogP) is 0.620. The molecule has 5 nitrogen and oxygen atoms in total. The quantitative estimate of drug-likeness (QED) is 0.876. The van der Waals surface area contributed by atoms with Gasteiger partial charge in [-0.05, 0) is 6.07 Å². The molecule has 1 aliphatic heterocycles. The monoisotopic (exact) mass is 275 g/mol. The highest BCUT2D eigenvalue weighted by atomic mass is 19.4. The normalized spacial score (nSPS) is 17.8. The number of anilines is 1. The average Bonchev–Trinajstić information content (AvgIpc) is 2.38. The lowest BCUT2D eigenvalue weighted by Crippen LogP contribution is -2.49. The summed E-state index contributed by atoms with van der Waals surface area (Å²) >= 11 is 0. The zero-order valence-electron chi connectivity index (χ0n) is 10.4. The van der Waals surface area contributed by atoms with Gasteiger partial charge in [-0.25, -0.2) is 9.97 Å². The van der Waals surface area contributed by atoms with E-state index < -0.39 is 12.7 Å². The minimum atomic E-state index is -4.14. The van der Waals surface area contributed by atoms with Crippen molar-refractivity contribution in [3.8, 4) is 0 Å². The number of nitrogens with two attached hydrogens (primary N) is 1. The van der Waals surface area contributed by atoms with E-state index in [1.165, 1.54) is 4.90 Å². The fourth-order valence-electron chi connectivity index (χ4n) is 2.01. The predicted molar refractivity (Wildman–Crippen MR) is 64.6 cm³/mol. The van der Waals surface area contributed by atoms with Gasteiger partial charge in [0.05, 0.1) is 12.2 Å². The molecule has 0 saturated carbocycles. The van der Waals surface area contributed by atoms with Gasteiger partial charge in [0.1, 0.15) is 0 Å². The van der Waals surface area contributed by atoms with Crippen molar-refractivity contribution < 1.29 is 13.2 Å². The first kappa shape index (κ1) is 14.0. The molecular weight excluding hydrogens is 259 g/mol. The molecule has 19 heavy (non-hydrogen) atoms. The second-order valence-electron chi connectivity index (χ2n) is 4.43. The molecule has 1 aromatic rings. The molecule has 0 amide bonds. The SMILES string of the molecule is NCc1ccnc(N2CCN(CC(F)(F)F)CC2)n1. The van der Waals surface area contributed by atoms with Gasteiger partial charge in [-0.2, -0.15) is 13.2 Å². The summed E-state index contributed by atoms with van der Waals surface area (Å²) in [5.74, 6) is 0.537. The maximum atomic E-state index is 12.3. The number of nitrogens with zero attached hydrogens (tertiary/aromatic N) is 4. The van der Waals surface area contributed by atoms with Crippen LogP contribution in [-0.2, 0) is 6.54 Å². The van der Waals surface area contributed by atoms with Crippen LogP contribution in [-0.4, -0.2) is 53.8 Å². The van der Waals surface area contributed by atoms with Crippen LogP contribution in [0.3, 0.4) is 0 Å². The molecule has 0 aromatic carbocycles. The molecule has 0 radical (unpaired) electrons. The number of alkyl halides is 3. The van der Waals surface area contributed by atoms with E-state index in [2.05, 4.69) is 9.97 Å². The number of hydrogen-bond acceptors (Lipinski definition) is 5. The van der Waals surface area contributed by atoms with Crippen LogP contribution in [0.25, 0.3) is 0 Å². The van der Waals surface area contributed by atoms with Crippen LogP contribution in [0.5, 0.6) is 0 Å². The van der Waals surface area contributed by atoms with Crippen LogP contribution in [0.4, 0.5) is 19.1 Å². The highest BCUT2D eigenvalue weighted by Crippen LogP contribution is 2.18. The van der Waals surface area contributed by atoms with Gasteiger partial charge in [-0.15, -0.1) is 0 Å². The van der Waals surface area contributed by atoms with Gasteiger partial charge < -0.3 is 10.6 Å². The van der Waals surface area contributed by atoms with Crippen molar-refractivity contribution in [1.82, 2.24) is 14.9 Å². The molecule has 8 heteroatoms. The second-order valence-corrected chi connectivity index (χ2v) is 4.43. The van der Waals surface area contributed by atoms with Crippen LogP contribution in [0.1, 0.15) is 5.69 Å². The highest BCUT2D eigenvalue weighted by molar-refractivity contribution is 5.31. The lowest BCUT2D eigenvalue weighted by atomic mass is 10.3. The molecule has 2 heterocycles. The van der Waals surface area contributed by atoms with Gasteiger partial charge in [0.2, 0.25) is 5.95 Å². The van der Waals surface area contributed by atoms with Gasteiger partial charge in [0, 0.05) is 38.9 Å². The first-order valence-electron chi connectivity index (χ1n) is 6.04. The van der Waals surface area contributed by atoms with E-state index in [4.69, 9.17) is 5.73 Å². The Hall–Kier alpha value is -1.41. The fourth-order valence-corrected chi connectivity index (χ4v) is 2.01. The average molecular weight is 275 g/mol. The molecule has 1 aliphatic rings. The summed E-state index contributed by atoms with van der Waals surface area (Å²) in [5, 5.41) is 0. The van der Waals surface area contributed by atoms with Crippen LogP contribution in [0, 0.1) is 0 Å². The molecule has 0 spiro atoms. The van der Waals surface area contributed by atoms with E-state index in [0.717, 1.165) is 5.69 Å². The Morgan fingerprint density at radius 2 is 1.89 bits per heavy atom. The van der Waals surface area contributed by atoms with Crippen LogP contribution in [0.15, 0.2) is 12.3 Å². The molecule has 0 aliphatic carbocycles. The minimum Gasteiger partial charge on any atom is -0.338 e. The van der Waals surface area contributed by atoms with Gasteiger partial charge in [-0.1, -0.05) is 0 Å². The van der Waals surface area contributed by atoms with E-state index in [9.17, 15) is 13.2 Å². The van der Waals surface area contributed by atoms with E-state index >= 15 is 0 Å². The van der Waals surface area contributed by atoms with Crippen molar-refractivity contribution in [2.75, 3.05) is 37.6 Å². The van der Waals surface area contributed by atoms with Crippen molar-refractivity contribution in [2.45, 2.75) is 12.7 Å². The lowest BCUT2D eigenvalue weighted by molar-refractivity contribution is -0.146. The first-order chi connectivity index (χ1) is 8.98. The highest BCUT2D eigenvalue weighted by Gasteiger charge is 2.32. The maximum absolute atomic E-state index is 12.3. The molecule has 1 fully saturated rings. The van der Waals surface area contributed by atoms with Gasteiger partial charge in [-0.3, -0.25) is 4.90 Å². The van der Waals surface area contributed by atoms with E-state index in [1.54, 1.807) is 12.3 Å². The van der Waals surface area contributed by atoms with Gasteiger partial charge in [0.15, 0.2) is 0 Å². The lowest BCUT2D eigenvalue weighted by Gasteiger charge is -2.34. The minimum absolute atomic E-state index is 0.323. The fraction of sp³-hybridized carbons (Fsp3) is 0.636. The molecule has 106 valence electrons. The molecular formula is C11H16F3N5. The Labute approximate surface area is 109 Å². The number of halogens is 3. The molecule has 0 bridgehead atoms. The summed E-state index contributed by atoms with van der Waals surface area (Å²) in [6.07, 6.45) is -2.52. The second kappa shape index (κ2) is 5.70. The summed E-state index contributed by atoms with van der Waals surface area (Å²) < 4.78 is 36.8. The van der Waals surface area contributed by atoms with Crippen LogP contribution < -0.4 is 10.6 Å². The topological polar surface area (TPSA) is 58.3 Å². The van der Waals surface area contributed by atoms with Crippen LogP contribution in [0.2, 0.25) is 0 Å². The standard InChI is InChI=1S/C11H16F3N5/c12-11(13,14)8-18-3-5-19(6-4-18)10-16-2-1-9(7-15)17-10/h1-2H,3-8,15H2. The zero-order valence-corrected chi connectivity index (χ0v) is 10.4. The van der Waals surface area contributed by atoms with Gasteiger partial charge >= 0.3 is 6.18 Å². The van der Waals surface area contributed by atoms with E-state index in [0.29, 0.717) is 38.7 Å². The number of hydrogen-bond donors (Lipinski definition) is 1. The van der Waals surface area contributed by atoms with Crippen molar-refractivity contribution in [2.24, 2.45) is 5.73 Å². The summed E-state index contributed by atoms with van der Waals surface area (Å²) in [6.45, 7) is 1.16. The van der Waals surface area contributed by atoms with Crippen molar-refractivity contribution in [3.63, 3.8) is 0 Å². The molecule has 1 saturated heterocycles. The third-order valence-corrected chi connectivity index (χ3v) is 2.97.